The van der Waals surface area contributed by atoms with Gasteiger partial charge >= 0.3 is 0 Å². The number of amides is 2. The fourth-order valence-corrected chi connectivity index (χ4v) is 3.49. The maximum absolute atomic E-state index is 13.2. The molecule has 30 heavy (non-hydrogen) atoms. The van der Waals surface area contributed by atoms with Gasteiger partial charge in [-0.1, -0.05) is 74.0 Å². The highest BCUT2D eigenvalue weighted by atomic mass is 16.2. The van der Waals surface area contributed by atoms with Crippen LogP contribution in [0.1, 0.15) is 56.7 Å². The van der Waals surface area contributed by atoms with Crippen molar-refractivity contribution in [3.05, 3.63) is 71.3 Å². The number of aryl methyl sites for hydroxylation is 2. The minimum Gasteiger partial charge on any atom is -0.352 e. The topological polar surface area (TPSA) is 49.4 Å². The van der Waals surface area contributed by atoms with Gasteiger partial charge in [0.15, 0.2) is 0 Å². The molecule has 0 radical (unpaired) electrons. The Labute approximate surface area is 181 Å². The highest BCUT2D eigenvalue weighted by Crippen LogP contribution is 2.13. The molecule has 0 aliphatic carbocycles. The normalized spacial score (nSPS) is 12.8. The summed E-state index contributed by atoms with van der Waals surface area (Å²) in [6, 6.07) is 18.1. The molecular weight excluding hydrogens is 372 g/mol. The maximum atomic E-state index is 13.2. The van der Waals surface area contributed by atoms with E-state index in [-0.39, 0.29) is 17.9 Å². The molecule has 2 rings (SSSR count). The molecule has 4 nitrogen and oxygen atoms in total. The molecule has 0 aliphatic rings. The Morgan fingerprint density at radius 1 is 0.900 bits per heavy atom. The zero-order chi connectivity index (χ0) is 21.9. The van der Waals surface area contributed by atoms with Crippen LogP contribution in [0, 0.1) is 6.92 Å². The Morgan fingerprint density at radius 3 is 2.13 bits per heavy atom. The minimum atomic E-state index is -0.437. The quantitative estimate of drug-likeness (QED) is 0.586. The van der Waals surface area contributed by atoms with Gasteiger partial charge in [0.1, 0.15) is 6.04 Å². The number of hydrogen-bond donors (Lipinski definition) is 1. The van der Waals surface area contributed by atoms with Gasteiger partial charge in [-0.15, -0.1) is 0 Å². The number of benzene rings is 2. The van der Waals surface area contributed by atoms with Gasteiger partial charge < -0.3 is 10.2 Å². The van der Waals surface area contributed by atoms with Crippen molar-refractivity contribution in [1.29, 1.82) is 0 Å². The van der Waals surface area contributed by atoms with Crippen molar-refractivity contribution in [3.8, 4) is 0 Å². The van der Waals surface area contributed by atoms with Gasteiger partial charge in [-0.05, 0) is 50.7 Å². The van der Waals surface area contributed by atoms with Crippen LogP contribution in [-0.2, 0) is 22.4 Å². The van der Waals surface area contributed by atoms with Crippen molar-refractivity contribution in [2.24, 2.45) is 0 Å². The second kappa shape index (κ2) is 12.2. The molecule has 162 valence electrons. The van der Waals surface area contributed by atoms with E-state index >= 15 is 0 Å². The third-order valence-corrected chi connectivity index (χ3v) is 5.62. The number of carbonyl (C=O) groups is 2. The first kappa shape index (κ1) is 23.7. The smallest absolute Gasteiger partial charge is 0.243 e. The monoisotopic (exact) mass is 408 g/mol. The second-order valence-electron chi connectivity index (χ2n) is 8.05. The lowest BCUT2D eigenvalue weighted by molar-refractivity contribution is -0.141. The van der Waals surface area contributed by atoms with Crippen LogP contribution in [-0.4, -0.2) is 35.3 Å². The van der Waals surface area contributed by atoms with E-state index in [0.717, 1.165) is 18.4 Å². The Hall–Kier alpha value is -2.62. The summed E-state index contributed by atoms with van der Waals surface area (Å²) < 4.78 is 0. The van der Waals surface area contributed by atoms with Crippen LogP contribution < -0.4 is 5.32 Å². The molecule has 0 saturated carbocycles. The average molecular weight is 409 g/mol. The van der Waals surface area contributed by atoms with Gasteiger partial charge in [-0.25, -0.2) is 0 Å². The zero-order valence-electron chi connectivity index (χ0n) is 18.9. The summed E-state index contributed by atoms with van der Waals surface area (Å²) in [7, 11) is 0. The molecule has 0 unspecified atom stereocenters. The molecule has 0 heterocycles. The Kier molecular flexibility index (Phi) is 9.59. The van der Waals surface area contributed by atoms with E-state index in [4.69, 9.17) is 0 Å². The molecule has 0 saturated heterocycles. The van der Waals surface area contributed by atoms with Crippen molar-refractivity contribution in [2.45, 2.75) is 71.9 Å². The summed E-state index contributed by atoms with van der Waals surface area (Å²) in [6.07, 6.45) is 3.31. The Balaban J connectivity index is 2.11. The summed E-state index contributed by atoms with van der Waals surface area (Å²) in [5.74, 6) is -0.0127. The number of rotatable bonds is 11. The lowest BCUT2D eigenvalue weighted by Crippen LogP contribution is -2.51. The van der Waals surface area contributed by atoms with E-state index in [2.05, 4.69) is 48.6 Å². The number of hydrogen-bond acceptors (Lipinski definition) is 2. The van der Waals surface area contributed by atoms with E-state index in [1.807, 2.05) is 39.0 Å². The first-order valence-corrected chi connectivity index (χ1v) is 11.1. The molecule has 0 aromatic heterocycles. The predicted molar refractivity (Wildman–Crippen MR) is 123 cm³/mol. The summed E-state index contributed by atoms with van der Waals surface area (Å²) in [5, 5.41) is 3.06. The molecule has 0 spiro atoms. The largest absolute Gasteiger partial charge is 0.352 e. The lowest BCUT2D eigenvalue weighted by atomic mass is 10.0. The van der Waals surface area contributed by atoms with Gasteiger partial charge in [0.25, 0.3) is 0 Å². The van der Waals surface area contributed by atoms with Gasteiger partial charge in [-0.2, -0.15) is 0 Å². The number of nitrogens with zero attached hydrogens (tertiary/aromatic N) is 1. The highest BCUT2D eigenvalue weighted by molar-refractivity contribution is 5.88. The van der Waals surface area contributed by atoms with Gasteiger partial charge in [0.2, 0.25) is 11.8 Å². The molecule has 0 fully saturated rings. The maximum Gasteiger partial charge on any atom is 0.243 e. The minimum absolute atomic E-state index is 0.0395. The van der Waals surface area contributed by atoms with Crippen LogP contribution >= 0.6 is 0 Å². The van der Waals surface area contributed by atoms with Crippen LogP contribution in [0.15, 0.2) is 54.6 Å². The van der Waals surface area contributed by atoms with E-state index < -0.39 is 6.04 Å². The first-order valence-electron chi connectivity index (χ1n) is 11.1. The Morgan fingerprint density at radius 2 is 1.53 bits per heavy atom. The van der Waals surface area contributed by atoms with Crippen molar-refractivity contribution >= 4 is 11.8 Å². The molecule has 1 N–H and O–H groups in total. The Bertz CT molecular complexity index is 786. The number of carbonyl (C=O) groups excluding carboxylic acids is 2. The molecule has 4 heteroatoms. The summed E-state index contributed by atoms with van der Waals surface area (Å²) >= 11 is 0. The third kappa shape index (κ3) is 7.33. The highest BCUT2D eigenvalue weighted by Gasteiger charge is 2.28. The van der Waals surface area contributed by atoms with Crippen LogP contribution in [0.2, 0.25) is 0 Å². The standard InChI is InChI=1S/C26H36N2O2/c1-5-21(4)27-26(30)24(6-2)28(19-18-22-10-8-7-9-11-22)25(29)17-16-23-14-12-20(3)13-15-23/h7-15,21,24H,5-6,16-19H2,1-4H3,(H,27,30)/t21-,24-/m1/s1. The molecule has 0 bridgehead atoms. The van der Waals surface area contributed by atoms with Crippen LogP contribution in [0.3, 0.4) is 0 Å². The summed E-state index contributed by atoms with van der Waals surface area (Å²) in [5.41, 5.74) is 3.53. The number of nitrogens with one attached hydrogen (secondary N) is 1. The van der Waals surface area contributed by atoms with Crippen molar-refractivity contribution in [1.82, 2.24) is 10.2 Å². The molecule has 2 aromatic carbocycles. The van der Waals surface area contributed by atoms with Crippen molar-refractivity contribution < 1.29 is 9.59 Å². The van der Waals surface area contributed by atoms with Crippen molar-refractivity contribution in [3.63, 3.8) is 0 Å². The van der Waals surface area contributed by atoms with E-state index in [9.17, 15) is 9.59 Å². The van der Waals surface area contributed by atoms with Gasteiger partial charge in [0.05, 0.1) is 0 Å². The fraction of sp³-hybridized carbons (Fsp3) is 0.462. The summed E-state index contributed by atoms with van der Waals surface area (Å²) in [4.78, 5) is 27.9. The molecule has 0 aliphatic heterocycles. The van der Waals surface area contributed by atoms with Crippen LogP contribution in [0.25, 0.3) is 0 Å². The van der Waals surface area contributed by atoms with E-state index in [0.29, 0.717) is 25.8 Å². The van der Waals surface area contributed by atoms with Gasteiger partial charge in [0, 0.05) is 19.0 Å². The van der Waals surface area contributed by atoms with Crippen molar-refractivity contribution in [2.75, 3.05) is 6.54 Å². The predicted octanol–water partition coefficient (Wildman–Crippen LogP) is 4.69. The van der Waals surface area contributed by atoms with Crippen LogP contribution in [0.5, 0.6) is 0 Å². The third-order valence-electron chi connectivity index (χ3n) is 5.62. The second-order valence-corrected chi connectivity index (χ2v) is 8.05. The summed E-state index contributed by atoms with van der Waals surface area (Å²) in [6.45, 7) is 8.62. The van der Waals surface area contributed by atoms with E-state index in [1.165, 1.54) is 11.1 Å². The fourth-order valence-electron chi connectivity index (χ4n) is 3.49. The molecule has 2 aromatic rings. The lowest BCUT2D eigenvalue weighted by Gasteiger charge is -2.31. The molecule has 2 atom stereocenters. The first-order chi connectivity index (χ1) is 14.4. The van der Waals surface area contributed by atoms with Gasteiger partial charge in [-0.3, -0.25) is 9.59 Å². The van der Waals surface area contributed by atoms with E-state index in [1.54, 1.807) is 4.90 Å². The SMILES string of the molecule is CC[C@@H](C)NC(=O)[C@@H](CC)N(CCc1ccccc1)C(=O)CCc1ccc(C)cc1. The zero-order valence-corrected chi connectivity index (χ0v) is 18.9. The molecule has 2 amide bonds. The molecular formula is C26H36N2O2. The average Bonchev–Trinajstić information content (AvgIpc) is 2.76. The van der Waals surface area contributed by atoms with Crippen LogP contribution in [0.4, 0.5) is 0 Å².